The fraction of sp³-hybridized carbons (Fsp3) is 0.400. The second kappa shape index (κ2) is 5.84. The molecule has 0 aliphatic rings. The number of methoxy groups -OCH3 is 1. The van der Waals surface area contributed by atoms with E-state index in [2.05, 4.69) is 6.92 Å². The van der Waals surface area contributed by atoms with Gasteiger partial charge in [0.1, 0.15) is 5.75 Å². The molecule has 0 bridgehead atoms. The quantitative estimate of drug-likeness (QED) is 0.816. The first-order valence-corrected chi connectivity index (χ1v) is 4.17. The minimum atomic E-state index is 0. The number of hydrogen-bond donors (Lipinski definition) is 1. The summed E-state index contributed by atoms with van der Waals surface area (Å²) in [6, 6.07) is 8.01. The molecule has 0 aliphatic carbocycles. The van der Waals surface area contributed by atoms with Gasteiger partial charge in [0.05, 0.1) is 7.11 Å². The molecular formula is C10H16ClNO. The number of benzene rings is 1. The Labute approximate surface area is 85.5 Å². The molecule has 0 fully saturated rings. The predicted octanol–water partition coefficient (Wildman–Crippen LogP) is 2.53. The van der Waals surface area contributed by atoms with Gasteiger partial charge in [0.25, 0.3) is 0 Å². The van der Waals surface area contributed by atoms with Crippen molar-refractivity contribution in [2.45, 2.75) is 19.4 Å². The number of rotatable bonds is 3. The summed E-state index contributed by atoms with van der Waals surface area (Å²) in [5.41, 5.74) is 7.00. The lowest BCUT2D eigenvalue weighted by atomic mass is 10.1. The lowest BCUT2D eigenvalue weighted by Gasteiger charge is -2.09. The van der Waals surface area contributed by atoms with Crippen LogP contribution < -0.4 is 10.5 Å². The van der Waals surface area contributed by atoms with Crippen LogP contribution >= 0.6 is 12.4 Å². The van der Waals surface area contributed by atoms with E-state index in [1.165, 1.54) is 0 Å². The molecule has 0 saturated heterocycles. The molecule has 2 N–H and O–H groups in total. The summed E-state index contributed by atoms with van der Waals surface area (Å²) in [5.74, 6) is 0.872. The van der Waals surface area contributed by atoms with Crippen LogP contribution in [0.3, 0.4) is 0 Å². The first-order chi connectivity index (χ1) is 5.77. The van der Waals surface area contributed by atoms with Gasteiger partial charge < -0.3 is 10.5 Å². The van der Waals surface area contributed by atoms with Crippen molar-refractivity contribution >= 4 is 12.4 Å². The van der Waals surface area contributed by atoms with Gasteiger partial charge in [-0.15, -0.1) is 12.4 Å². The zero-order valence-electron chi connectivity index (χ0n) is 7.99. The molecule has 0 amide bonds. The Hall–Kier alpha value is -0.730. The second-order valence-electron chi connectivity index (χ2n) is 2.79. The van der Waals surface area contributed by atoms with Gasteiger partial charge in [-0.3, -0.25) is 0 Å². The Morgan fingerprint density at radius 1 is 1.46 bits per heavy atom. The lowest BCUT2D eigenvalue weighted by Crippen LogP contribution is -2.08. The largest absolute Gasteiger partial charge is 0.497 e. The average molecular weight is 202 g/mol. The van der Waals surface area contributed by atoms with Gasteiger partial charge in [-0.05, 0) is 24.1 Å². The average Bonchev–Trinajstić information content (AvgIpc) is 2.17. The molecule has 0 saturated carbocycles. The monoisotopic (exact) mass is 201 g/mol. The van der Waals surface area contributed by atoms with Crippen molar-refractivity contribution in [3.63, 3.8) is 0 Å². The molecule has 1 aromatic rings. The minimum Gasteiger partial charge on any atom is -0.497 e. The van der Waals surface area contributed by atoms with Gasteiger partial charge >= 0.3 is 0 Å². The molecule has 74 valence electrons. The summed E-state index contributed by atoms with van der Waals surface area (Å²) in [5, 5.41) is 0. The first kappa shape index (κ1) is 12.3. The van der Waals surface area contributed by atoms with Crippen molar-refractivity contribution < 1.29 is 4.74 Å². The van der Waals surface area contributed by atoms with Crippen molar-refractivity contribution in [3.05, 3.63) is 29.8 Å². The molecule has 1 atom stereocenters. The third-order valence-electron chi connectivity index (χ3n) is 1.96. The van der Waals surface area contributed by atoms with Crippen molar-refractivity contribution in [3.8, 4) is 5.75 Å². The number of halogens is 1. The summed E-state index contributed by atoms with van der Waals surface area (Å²) in [6.45, 7) is 2.07. The molecule has 1 rings (SSSR count). The third kappa shape index (κ3) is 3.25. The predicted molar refractivity (Wildman–Crippen MR) is 57.5 cm³/mol. The summed E-state index contributed by atoms with van der Waals surface area (Å²) in [6.07, 6.45) is 0.952. The SMILES string of the molecule is CCC(N)c1cccc(OC)c1.Cl. The van der Waals surface area contributed by atoms with Crippen molar-refractivity contribution in [2.24, 2.45) is 5.73 Å². The van der Waals surface area contributed by atoms with Crippen LogP contribution in [0.2, 0.25) is 0 Å². The van der Waals surface area contributed by atoms with E-state index >= 15 is 0 Å². The molecule has 0 heterocycles. The maximum Gasteiger partial charge on any atom is 0.119 e. The Kier molecular flexibility index (Phi) is 5.51. The van der Waals surface area contributed by atoms with Crippen LogP contribution in [0.15, 0.2) is 24.3 Å². The lowest BCUT2D eigenvalue weighted by molar-refractivity contribution is 0.413. The van der Waals surface area contributed by atoms with Gasteiger partial charge in [-0.25, -0.2) is 0 Å². The van der Waals surface area contributed by atoms with Gasteiger partial charge in [-0.2, -0.15) is 0 Å². The van der Waals surface area contributed by atoms with Crippen LogP contribution in [0, 0.1) is 0 Å². The zero-order valence-corrected chi connectivity index (χ0v) is 8.80. The molecule has 1 unspecified atom stereocenters. The van der Waals surface area contributed by atoms with E-state index in [1.807, 2.05) is 24.3 Å². The summed E-state index contributed by atoms with van der Waals surface area (Å²) >= 11 is 0. The second-order valence-corrected chi connectivity index (χ2v) is 2.79. The van der Waals surface area contributed by atoms with E-state index in [0.29, 0.717) is 0 Å². The van der Waals surface area contributed by atoms with Crippen LogP contribution in [0.25, 0.3) is 0 Å². The molecule has 0 radical (unpaired) electrons. The van der Waals surface area contributed by atoms with Crippen LogP contribution in [0.5, 0.6) is 5.75 Å². The van der Waals surface area contributed by atoms with Gasteiger partial charge in [-0.1, -0.05) is 19.1 Å². The fourth-order valence-electron chi connectivity index (χ4n) is 1.11. The van der Waals surface area contributed by atoms with Gasteiger partial charge in [0.2, 0.25) is 0 Å². The van der Waals surface area contributed by atoms with Crippen molar-refractivity contribution in [2.75, 3.05) is 7.11 Å². The highest BCUT2D eigenvalue weighted by molar-refractivity contribution is 5.85. The highest BCUT2D eigenvalue weighted by Crippen LogP contribution is 2.18. The standard InChI is InChI=1S/C10H15NO.ClH/c1-3-10(11)8-5-4-6-9(7-8)12-2;/h4-7,10H,3,11H2,1-2H3;1H. The van der Waals surface area contributed by atoms with Crippen LogP contribution in [-0.4, -0.2) is 7.11 Å². The smallest absolute Gasteiger partial charge is 0.119 e. The number of hydrogen-bond acceptors (Lipinski definition) is 2. The van der Waals surface area contributed by atoms with Crippen LogP contribution in [0.1, 0.15) is 24.9 Å². The van der Waals surface area contributed by atoms with Gasteiger partial charge in [0, 0.05) is 6.04 Å². The zero-order chi connectivity index (χ0) is 8.97. The minimum absolute atomic E-state index is 0. The van der Waals surface area contributed by atoms with Crippen LogP contribution in [-0.2, 0) is 0 Å². The maximum absolute atomic E-state index is 5.86. The molecule has 0 aromatic heterocycles. The topological polar surface area (TPSA) is 35.2 Å². The van der Waals surface area contributed by atoms with Crippen molar-refractivity contribution in [1.29, 1.82) is 0 Å². The Bertz CT molecular complexity index is 252. The highest BCUT2D eigenvalue weighted by Gasteiger charge is 2.02. The van der Waals surface area contributed by atoms with E-state index in [1.54, 1.807) is 7.11 Å². The summed E-state index contributed by atoms with van der Waals surface area (Å²) in [7, 11) is 1.66. The molecule has 2 nitrogen and oxygen atoms in total. The molecule has 1 aromatic carbocycles. The summed E-state index contributed by atoms with van der Waals surface area (Å²) in [4.78, 5) is 0. The molecule has 3 heteroatoms. The van der Waals surface area contributed by atoms with E-state index < -0.39 is 0 Å². The van der Waals surface area contributed by atoms with Crippen LogP contribution in [0.4, 0.5) is 0 Å². The number of ether oxygens (including phenoxy) is 1. The fourth-order valence-corrected chi connectivity index (χ4v) is 1.11. The highest BCUT2D eigenvalue weighted by atomic mass is 35.5. The third-order valence-corrected chi connectivity index (χ3v) is 1.96. The van der Waals surface area contributed by atoms with Crippen molar-refractivity contribution in [1.82, 2.24) is 0 Å². The molecule has 13 heavy (non-hydrogen) atoms. The van der Waals surface area contributed by atoms with E-state index in [9.17, 15) is 0 Å². The Balaban J connectivity index is 0.00000144. The van der Waals surface area contributed by atoms with E-state index in [4.69, 9.17) is 10.5 Å². The molecule has 0 spiro atoms. The maximum atomic E-state index is 5.86. The number of nitrogens with two attached hydrogens (primary N) is 1. The molecule has 0 aliphatic heterocycles. The Morgan fingerprint density at radius 2 is 2.15 bits per heavy atom. The normalized spacial score (nSPS) is 11.6. The first-order valence-electron chi connectivity index (χ1n) is 4.17. The van der Waals surface area contributed by atoms with E-state index in [0.717, 1.165) is 17.7 Å². The van der Waals surface area contributed by atoms with E-state index in [-0.39, 0.29) is 18.4 Å². The summed E-state index contributed by atoms with van der Waals surface area (Å²) < 4.78 is 5.09. The molecular weight excluding hydrogens is 186 g/mol. The Morgan fingerprint density at radius 3 is 2.69 bits per heavy atom. The van der Waals surface area contributed by atoms with Gasteiger partial charge in [0.15, 0.2) is 0 Å².